The molecule has 1 N–H and O–H groups in total. The number of hydrogen-bond donors (Lipinski definition) is 1. The van der Waals surface area contributed by atoms with Crippen LogP contribution >= 0.6 is 24.0 Å². The molecule has 1 amide bonds. The number of ether oxygens (including phenoxy) is 1. The number of thiocarbonyl (C=S) groups is 1. The van der Waals surface area contributed by atoms with E-state index in [9.17, 15) is 9.90 Å². The summed E-state index contributed by atoms with van der Waals surface area (Å²) in [5.74, 6) is 0.404. The maximum absolute atomic E-state index is 12.3. The maximum Gasteiger partial charge on any atom is 0.266 e. The minimum absolute atomic E-state index is 0.0505. The van der Waals surface area contributed by atoms with Crippen molar-refractivity contribution in [2.75, 3.05) is 13.7 Å². The lowest BCUT2D eigenvalue weighted by molar-refractivity contribution is -0.122. The molecule has 6 heteroatoms. The molecule has 0 aliphatic carbocycles. The Kier molecular flexibility index (Phi) is 5.25. The van der Waals surface area contributed by atoms with E-state index in [1.165, 1.54) is 18.9 Å². The standard InChI is InChI=1S/C15H17NO3S2/c1-3-4-7-16-14(18)13(21-15(16)20)9-10-5-6-11(17)12(8-10)19-2/h5-6,8-9,17H,3-4,7H2,1-2H3/b13-9+. The number of carbonyl (C=O) groups excluding carboxylic acids is 1. The van der Waals surface area contributed by atoms with E-state index in [2.05, 4.69) is 6.92 Å². The first-order valence-corrected chi connectivity index (χ1v) is 7.91. The molecule has 1 aromatic rings. The lowest BCUT2D eigenvalue weighted by atomic mass is 10.2. The number of carbonyl (C=O) groups is 1. The van der Waals surface area contributed by atoms with E-state index in [4.69, 9.17) is 17.0 Å². The average Bonchev–Trinajstić information content (AvgIpc) is 2.73. The molecular weight excluding hydrogens is 306 g/mol. The van der Waals surface area contributed by atoms with Gasteiger partial charge in [-0.25, -0.2) is 0 Å². The van der Waals surface area contributed by atoms with Crippen LogP contribution in [-0.4, -0.2) is 33.9 Å². The summed E-state index contributed by atoms with van der Waals surface area (Å²) in [6.45, 7) is 2.74. The highest BCUT2D eigenvalue weighted by molar-refractivity contribution is 8.26. The molecule has 21 heavy (non-hydrogen) atoms. The van der Waals surface area contributed by atoms with Gasteiger partial charge in [0.2, 0.25) is 0 Å². The summed E-state index contributed by atoms with van der Waals surface area (Å²) in [5.41, 5.74) is 0.792. The van der Waals surface area contributed by atoms with Crippen LogP contribution in [-0.2, 0) is 4.79 Å². The van der Waals surface area contributed by atoms with E-state index in [0.717, 1.165) is 18.4 Å². The fraction of sp³-hybridized carbons (Fsp3) is 0.333. The highest BCUT2D eigenvalue weighted by atomic mass is 32.2. The van der Waals surface area contributed by atoms with Gasteiger partial charge in [0.05, 0.1) is 12.0 Å². The Balaban J connectivity index is 2.22. The number of hydrogen-bond acceptors (Lipinski definition) is 5. The Morgan fingerprint density at radius 2 is 2.24 bits per heavy atom. The molecule has 0 aromatic heterocycles. The van der Waals surface area contributed by atoms with Crippen LogP contribution in [0.1, 0.15) is 25.3 Å². The fourth-order valence-electron chi connectivity index (χ4n) is 1.94. The SMILES string of the molecule is CCCCN1C(=O)/C(=C\c2ccc(O)c(OC)c2)SC1=S. The Morgan fingerprint density at radius 3 is 2.90 bits per heavy atom. The molecule has 0 saturated carbocycles. The number of unbranched alkanes of at least 4 members (excludes halogenated alkanes) is 1. The summed E-state index contributed by atoms with van der Waals surface area (Å²) >= 11 is 6.57. The van der Waals surface area contributed by atoms with Crippen LogP contribution < -0.4 is 4.74 Å². The predicted octanol–water partition coefficient (Wildman–Crippen LogP) is 3.40. The van der Waals surface area contributed by atoms with Crippen molar-refractivity contribution in [2.24, 2.45) is 0 Å². The molecule has 0 spiro atoms. The van der Waals surface area contributed by atoms with E-state index in [1.54, 1.807) is 29.2 Å². The van der Waals surface area contributed by atoms with Gasteiger partial charge in [0.1, 0.15) is 4.32 Å². The molecule has 2 rings (SSSR count). The Hall–Kier alpha value is -1.53. The normalized spacial score (nSPS) is 16.9. The molecule has 1 aliphatic rings. The summed E-state index contributed by atoms with van der Waals surface area (Å²) in [5, 5.41) is 9.58. The lowest BCUT2D eigenvalue weighted by Crippen LogP contribution is -2.28. The van der Waals surface area contributed by atoms with E-state index in [-0.39, 0.29) is 11.7 Å². The number of methoxy groups -OCH3 is 1. The molecule has 0 bridgehead atoms. The van der Waals surface area contributed by atoms with Gasteiger partial charge in [-0.05, 0) is 30.2 Å². The van der Waals surface area contributed by atoms with Crippen molar-refractivity contribution in [3.63, 3.8) is 0 Å². The Bertz CT molecular complexity index is 599. The second-order valence-electron chi connectivity index (χ2n) is 4.62. The van der Waals surface area contributed by atoms with Crippen LogP contribution in [0.2, 0.25) is 0 Å². The van der Waals surface area contributed by atoms with Crippen molar-refractivity contribution in [3.05, 3.63) is 28.7 Å². The minimum Gasteiger partial charge on any atom is -0.504 e. The molecule has 112 valence electrons. The van der Waals surface area contributed by atoms with Gasteiger partial charge < -0.3 is 9.84 Å². The fourth-order valence-corrected chi connectivity index (χ4v) is 3.25. The largest absolute Gasteiger partial charge is 0.504 e. The van der Waals surface area contributed by atoms with Crippen molar-refractivity contribution in [1.29, 1.82) is 0 Å². The summed E-state index contributed by atoms with van der Waals surface area (Å²) in [6.07, 6.45) is 3.73. The summed E-state index contributed by atoms with van der Waals surface area (Å²) in [7, 11) is 1.49. The first kappa shape index (κ1) is 15.9. The third kappa shape index (κ3) is 3.57. The van der Waals surface area contributed by atoms with Crippen LogP contribution in [0.4, 0.5) is 0 Å². The van der Waals surface area contributed by atoms with Crippen molar-refractivity contribution >= 4 is 40.3 Å². The maximum atomic E-state index is 12.3. The van der Waals surface area contributed by atoms with Gasteiger partial charge >= 0.3 is 0 Å². The summed E-state index contributed by atoms with van der Waals surface area (Å²) < 4.78 is 5.67. The average molecular weight is 323 g/mol. The number of phenolic OH excluding ortho intramolecular Hbond substituents is 1. The zero-order valence-corrected chi connectivity index (χ0v) is 13.6. The van der Waals surface area contributed by atoms with Gasteiger partial charge in [0.15, 0.2) is 11.5 Å². The van der Waals surface area contributed by atoms with Crippen LogP contribution in [0.25, 0.3) is 6.08 Å². The number of aromatic hydroxyl groups is 1. The van der Waals surface area contributed by atoms with Gasteiger partial charge in [-0.15, -0.1) is 0 Å². The monoisotopic (exact) mass is 323 g/mol. The van der Waals surface area contributed by atoms with E-state index < -0.39 is 0 Å². The highest BCUT2D eigenvalue weighted by Gasteiger charge is 2.31. The van der Waals surface area contributed by atoms with Gasteiger partial charge in [0, 0.05) is 6.54 Å². The van der Waals surface area contributed by atoms with Gasteiger partial charge in [-0.3, -0.25) is 9.69 Å². The number of nitrogens with zero attached hydrogens (tertiary/aromatic N) is 1. The van der Waals surface area contributed by atoms with Crippen LogP contribution in [0.15, 0.2) is 23.1 Å². The van der Waals surface area contributed by atoms with Crippen LogP contribution in [0.5, 0.6) is 11.5 Å². The number of phenols is 1. The van der Waals surface area contributed by atoms with Crippen LogP contribution in [0, 0.1) is 0 Å². The molecule has 1 fully saturated rings. The number of thioether (sulfide) groups is 1. The van der Waals surface area contributed by atoms with Crippen molar-refractivity contribution in [2.45, 2.75) is 19.8 Å². The Labute approximate surface area is 133 Å². The van der Waals surface area contributed by atoms with E-state index in [1.807, 2.05) is 0 Å². The second kappa shape index (κ2) is 6.95. The summed E-state index contributed by atoms with van der Waals surface area (Å²) in [6, 6.07) is 4.97. The zero-order valence-electron chi connectivity index (χ0n) is 12.0. The number of benzene rings is 1. The third-order valence-corrected chi connectivity index (χ3v) is 4.49. The van der Waals surface area contributed by atoms with Crippen molar-refractivity contribution in [3.8, 4) is 11.5 Å². The predicted molar refractivity (Wildman–Crippen MR) is 89.4 cm³/mol. The topological polar surface area (TPSA) is 49.8 Å². The van der Waals surface area contributed by atoms with Gasteiger partial charge in [-0.1, -0.05) is 43.4 Å². The molecule has 1 aromatic carbocycles. The van der Waals surface area contributed by atoms with E-state index in [0.29, 0.717) is 21.5 Å². The van der Waals surface area contributed by atoms with Gasteiger partial charge in [-0.2, -0.15) is 0 Å². The molecule has 1 heterocycles. The summed E-state index contributed by atoms with van der Waals surface area (Å²) in [4.78, 5) is 14.6. The first-order valence-electron chi connectivity index (χ1n) is 6.69. The molecule has 1 saturated heterocycles. The van der Waals surface area contributed by atoms with Crippen molar-refractivity contribution < 1.29 is 14.6 Å². The minimum atomic E-state index is -0.0505. The highest BCUT2D eigenvalue weighted by Crippen LogP contribution is 2.34. The number of rotatable bonds is 5. The zero-order chi connectivity index (χ0) is 15.4. The quantitative estimate of drug-likeness (QED) is 0.665. The molecular formula is C15H17NO3S2. The molecule has 1 aliphatic heterocycles. The number of amides is 1. The second-order valence-corrected chi connectivity index (χ2v) is 6.29. The molecule has 0 unspecified atom stereocenters. The third-order valence-electron chi connectivity index (χ3n) is 3.11. The molecule has 0 radical (unpaired) electrons. The lowest BCUT2D eigenvalue weighted by Gasteiger charge is -2.13. The van der Waals surface area contributed by atoms with E-state index >= 15 is 0 Å². The van der Waals surface area contributed by atoms with Gasteiger partial charge in [0.25, 0.3) is 5.91 Å². The molecule has 4 nitrogen and oxygen atoms in total. The van der Waals surface area contributed by atoms with Crippen LogP contribution in [0.3, 0.4) is 0 Å². The van der Waals surface area contributed by atoms with Crippen molar-refractivity contribution in [1.82, 2.24) is 4.90 Å². The molecule has 0 atom stereocenters. The smallest absolute Gasteiger partial charge is 0.266 e. The first-order chi connectivity index (χ1) is 10.1. The Morgan fingerprint density at radius 1 is 1.48 bits per heavy atom.